The number of nitrogens with one attached hydrogen (secondary N) is 1. The standard InChI is InChI=1S/C23H40N2OS/c1-3-4-5-6-7-8-9-10-11-12-13-14-15-16-17-18-19-25-22(26)20-21(2)24-23(25)27/h10-11,20H,3-9,12-19H2,1-2H3,(H,24,27)/b11-10-. The number of allylic oxidation sites excluding steroid dienone is 2. The molecule has 0 saturated heterocycles. The fourth-order valence-corrected chi connectivity index (χ4v) is 3.71. The maximum atomic E-state index is 11.9. The Bertz CT molecular complexity index is 599. The Labute approximate surface area is 171 Å². The van der Waals surface area contributed by atoms with Crippen LogP contribution in [0.1, 0.15) is 103 Å². The number of hydrogen-bond donors (Lipinski definition) is 1. The molecule has 0 atom stereocenters. The van der Waals surface area contributed by atoms with Crippen molar-refractivity contribution >= 4 is 12.2 Å². The Hall–Kier alpha value is -1.16. The fourth-order valence-electron chi connectivity index (χ4n) is 3.36. The van der Waals surface area contributed by atoms with Gasteiger partial charge < -0.3 is 4.98 Å². The van der Waals surface area contributed by atoms with Crippen LogP contribution in [-0.2, 0) is 6.54 Å². The normalized spacial score (nSPS) is 11.5. The summed E-state index contributed by atoms with van der Waals surface area (Å²) in [4.78, 5) is 15.0. The van der Waals surface area contributed by atoms with Gasteiger partial charge in [0.15, 0.2) is 4.77 Å². The van der Waals surface area contributed by atoms with Crippen molar-refractivity contribution in [3.05, 3.63) is 39.0 Å². The maximum Gasteiger partial charge on any atom is 0.254 e. The van der Waals surface area contributed by atoms with E-state index in [9.17, 15) is 4.79 Å². The van der Waals surface area contributed by atoms with Crippen LogP contribution in [0.25, 0.3) is 0 Å². The van der Waals surface area contributed by atoms with Crippen molar-refractivity contribution in [1.29, 1.82) is 0 Å². The minimum Gasteiger partial charge on any atom is -0.336 e. The first kappa shape index (κ1) is 23.9. The van der Waals surface area contributed by atoms with Crippen molar-refractivity contribution in [1.82, 2.24) is 9.55 Å². The SMILES string of the molecule is CCCCCCCC/C=C\CCCCCCCCn1c(=O)cc(C)[nH]c1=S. The highest BCUT2D eigenvalue weighted by molar-refractivity contribution is 7.71. The molecule has 1 aromatic heterocycles. The van der Waals surface area contributed by atoms with E-state index in [0.717, 1.165) is 18.7 Å². The van der Waals surface area contributed by atoms with Gasteiger partial charge in [-0.3, -0.25) is 9.36 Å². The Balaban J connectivity index is 1.93. The lowest BCUT2D eigenvalue weighted by Gasteiger charge is -2.06. The monoisotopic (exact) mass is 392 g/mol. The zero-order valence-electron chi connectivity index (χ0n) is 17.6. The molecule has 1 rings (SSSR count). The second-order valence-electron chi connectivity index (χ2n) is 7.69. The number of hydrogen-bond acceptors (Lipinski definition) is 2. The predicted molar refractivity (Wildman–Crippen MR) is 120 cm³/mol. The third-order valence-electron chi connectivity index (χ3n) is 5.05. The second kappa shape index (κ2) is 15.9. The van der Waals surface area contributed by atoms with E-state index in [1.54, 1.807) is 10.6 Å². The molecule has 1 aromatic rings. The van der Waals surface area contributed by atoms with Crippen molar-refractivity contribution in [2.24, 2.45) is 0 Å². The first-order valence-corrected chi connectivity index (χ1v) is 11.5. The summed E-state index contributed by atoms with van der Waals surface area (Å²) in [7, 11) is 0. The first-order valence-electron chi connectivity index (χ1n) is 11.1. The molecule has 1 N–H and O–H groups in total. The van der Waals surface area contributed by atoms with Gasteiger partial charge in [0.25, 0.3) is 5.56 Å². The van der Waals surface area contributed by atoms with Crippen molar-refractivity contribution in [3.63, 3.8) is 0 Å². The highest BCUT2D eigenvalue weighted by Gasteiger charge is 1.99. The van der Waals surface area contributed by atoms with E-state index in [0.29, 0.717) is 4.77 Å². The molecule has 0 aliphatic carbocycles. The van der Waals surface area contributed by atoms with Gasteiger partial charge in [-0.05, 0) is 51.2 Å². The zero-order chi connectivity index (χ0) is 19.7. The van der Waals surface area contributed by atoms with Gasteiger partial charge in [-0.1, -0.05) is 76.9 Å². The molecular formula is C23H40N2OS. The molecule has 1 heterocycles. The Morgan fingerprint density at radius 1 is 0.889 bits per heavy atom. The van der Waals surface area contributed by atoms with E-state index >= 15 is 0 Å². The van der Waals surface area contributed by atoms with E-state index in [2.05, 4.69) is 24.1 Å². The highest BCUT2D eigenvalue weighted by Crippen LogP contribution is 2.10. The van der Waals surface area contributed by atoms with Crippen LogP contribution in [0, 0.1) is 11.7 Å². The van der Waals surface area contributed by atoms with E-state index in [1.165, 1.54) is 83.5 Å². The molecule has 0 saturated carbocycles. The van der Waals surface area contributed by atoms with E-state index in [4.69, 9.17) is 12.2 Å². The van der Waals surface area contributed by atoms with Gasteiger partial charge in [-0.25, -0.2) is 0 Å². The number of aromatic nitrogens is 2. The van der Waals surface area contributed by atoms with Crippen LogP contribution in [0.5, 0.6) is 0 Å². The van der Waals surface area contributed by atoms with Crippen LogP contribution in [-0.4, -0.2) is 9.55 Å². The Morgan fingerprint density at radius 3 is 1.96 bits per heavy atom. The van der Waals surface area contributed by atoms with Gasteiger partial charge in [0.2, 0.25) is 0 Å². The number of rotatable bonds is 16. The zero-order valence-corrected chi connectivity index (χ0v) is 18.4. The lowest BCUT2D eigenvalue weighted by atomic mass is 10.1. The topological polar surface area (TPSA) is 37.8 Å². The summed E-state index contributed by atoms with van der Waals surface area (Å²) in [6.45, 7) is 4.87. The Kier molecular flexibility index (Phi) is 14.0. The van der Waals surface area contributed by atoms with Crippen LogP contribution in [0.2, 0.25) is 0 Å². The maximum absolute atomic E-state index is 11.9. The predicted octanol–water partition coefficient (Wildman–Crippen LogP) is 7.25. The van der Waals surface area contributed by atoms with Crippen molar-refractivity contribution in [2.75, 3.05) is 0 Å². The van der Waals surface area contributed by atoms with E-state index in [-0.39, 0.29) is 5.56 Å². The van der Waals surface area contributed by atoms with Crippen molar-refractivity contribution in [3.8, 4) is 0 Å². The highest BCUT2D eigenvalue weighted by atomic mass is 32.1. The third kappa shape index (κ3) is 12.0. The summed E-state index contributed by atoms with van der Waals surface area (Å²) < 4.78 is 2.23. The van der Waals surface area contributed by atoms with Gasteiger partial charge in [0, 0.05) is 18.3 Å². The minimum absolute atomic E-state index is 0.0176. The summed E-state index contributed by atoms with van der Waals surface area (Å²) >= 11 is 5.24. The molecule has 3 nitrogen and oxygen atoms in total. The number of nitrogens with zero attached hydrogens (tertiary/aromatic N) is 1. The Morgan fingerprint density at radius 2 is 1.41 bits per heavy atom. The molecule has 0 radical (unpaired) electrons. The lowest BCUT2D eigenvalue weighted by Crippen LogP contribution is -2.21. The second-order valence-corrected chi connectivity index (χ2v) is 8.07. The van der Waals surface area contributed by atoms with E-state index in [1.807, 2.05) is 6.92 Å². The largest absolute Gasteiger partial charge is 0.336 e. The molecule has 0 aliphatic rings. The number of aryl methyl sites for hydroxylation is 1. The lowest BCUT2D eigenvalue weighted by molar-refractivity contribution is 0.537. The summed E-state index contributed by atoms with van der Waals surface area (Å²) in [6.07, 6.45) is 22.9. The van der Waals surface area contributed by atoms with Crippen molar-refractivity contribution in [2.45, 2.75) is 110 Å². The van der Waals surface area contributed by atoms with Crippen LogP contribution in [0.15, 0.2) is 23.0 Å². The molecule has 0 aromatic carbocycles. The molecule has 0 aliphatic heterocycles. The van der Waals surface area contributed by atoms with Gasteiger partial charge in [-0.2, -0.15) is 0 Å². The van der Waals surface area contributed by atoms with Gasteiger partial charge >= 0.3 is 0 Å². The molecule has 4 heteroatoms. The van der Waals surface area contributed by atoms with E-state index < -0.39 is 0 Å². The number of unbranched alkanes of at least 4 members (excludes halogenated alkanes) is 12. The fraction of sp³-hybridized carbons (Fsp3) is 0.739. The smallest absolute Gasteiger partial charge is 0.254 e. The molecule has 154 valence electrons. The summed E-state index contributed by atoms with van der Waals surface area (Å²) in [5.74, 6) is 0. The van der Waals surface area contributed by atoms with Crippen LogP contribution in [0.4, 0.5) is 0 Å². The van der Waals surface area contributed by atoms with Crippen molar-refractivity contribution < 1.29 is 0 Å². The average molecular weight is 393 g/mol. The van der Waals surface area contributed by atoms with Crippen LogP contribution in [0.3, 0.4) is 0 Å². The molecule has 0 fully saturated rings. The molecule has 0 spiro atoms. The van der Waals surface area contributed by atoms with Crippen LogP contribution < -0.4 is 5.56 Å². The van der Waals surface area contributed by atoms with Crippen LogP contribution >= 0.6 is 12.2 Å². The summed E-state index contributed by atoms with van der Waals surface area (Å²) in [6, 6.07) is 1.62. The quantitative estimate of drug-likeness (QED) is 0.183. The molecule has 27 heavy (non-hydrogen) atoms. The minimum atomic E-state index is 0.0176. The molecule has 0 bridgehead atoms. The van der Waals surface area contributed by atoms with Gasteiger partial charge in [-0.15, -0.1) is 0 Å². The summed E-state index contributed by atoms with van der Waals surface area (Å²) in [5, 5.41) is 0. The van der Waals surface area contributed by atoms with Gasteiger partial charge in [0.1, 0.15) is 0 Å². The van der Waals surface area contributed by atoms with Gasteiger partial charge in [0.05, 0.1) is 0 Å². The first-order chi connectivity index (χ1) is 13.1. The number of aromatic amines is 1. The molecule has 0 amide bonds. The summed E-state index contributed by atoms with van der Waals surface area (Å²) in [5.41, 5.74) is 0.853. The average Bonchev–Trinajstić information content (AvgIpc) is 2.63. The number of H-pyrrole nitrogens is 1. The molecular weight excluding hydrogens is 352 g/mol. The molecule has 0 unspecified atom stereocenters. The third-order valence-corrected chi connectivity index (χ3v) is 5.37.